The highest BCUT2D eigenvalue weighted by atomic mass is 19.1. The number of nitrogens with zero attached hydrogens (tertiary/aromatic N) is 2. The first-order chi connectivity index (χ1) is 12.3. The monoisotopic (exact) mass is 361 g/mol. The van der Waals surface area contributed by atoms with Crippen molar-refractivity contribution in [3.8, 4) is 0 Å². The first-order valence-electron chi connectivity index (χ1n) is 9.89. The van der Waals surface area contributed by atoms with Gasteiger partial charge in [-0.3, -0.25) is 9.69 Å². The number of carbonyl (C=O) groups is 1. The number of halogens is 1. The Morgan fingerprint density at radius 3 is 2.12 bits per heavy atom. The fourth-order valence-electron chi connectivity index (χ4n) is 4.12. The van der Waals surface area contributed by atoms with Gasteiger partial charge in [0.25, 0.3) is 0 Å². The van der Waals surface area contributed by atoms with E-state index in [-0.39, 0.29) is 17.3 Å². The maximum atomic E-state index is 13.0. The maximum absolute atomic E-state index is 13.0. The quantitative estimate of drug-likeness (QED) is 0.891. The molecule has 4 nitrogen and oxygen atoms in total. The molecule has 0 atom stereocenters. The summed E-state index contributed by atoms with van der Waals surface area (Å²) in [5, 5.41) is 3.47. The van der Waals surface area contributed by atoms with Crippen LogP contribution in [0.25, 0.3) is 0 Å². The molecular formula is C21H32FN3O. The maximum Gasteiger partial charge on any atom is 0.225 e. The van der Waals surface area contributed by atoms with Crippen LogP contribution in [0.15, 0.2) is 24.3 Å². The van der Waals surface area contributed by atoms with Crippen LogP contribution in [0.2, 0.25) is 0 Å². The zero-order chi connectivity index (χ0) is 18.7. The lowest BCUT2D eigenvalue weighted by Gasteiger charge is -2.43. The second kappa shape index (κ2) is 7.95. The SMILES string of the molecule is CC(C)(C)N1CCN(C(=O)C2CCC(Nc3ccc(F)cc3)CC2)CC1. The third kappa shape index (κ3) is 4.76. The highest BCUT2D eigenvalue weighted by molar-refractivity contribution is 5.79. The Morgan fingerprint density at radius 2 is 1.58 bits per heavy atom. The van der Waals surface area contributed by atoms with Crippen molar-refractivity contribution in [2.45, 2.75) is 58.0 Å². The summed E-state index contributed by atoms with van der Waals surface area (Å²) in [7, 11) is 0. The van der Waals surface area contributed by atoms with Gasteiger partial charge in [0.2, 0.25) is 5.91 Å². The Labute approximate surface area is 156 Å². The third-order valence-corrected chi connectivity index (χ3v) is 5.83. The normalized spacial score (nSPS) is 25.2. The molecule has 1 amide bonds. The van der Waals surface area contributed by atoms with Crippen LogP contribution < -0.4 is 5.32 Å². The van der Waals surface area contributed by atoms with Crippen molar-refractivity contribution in [3.05, 3.63) is 30.1 Å². The Balaban J connectivity index is 1.44. The van der Waals surface area contributed by atoms with Gasteiger partial charge in [-0.2, -0.15) is 0 Å². The van der Waals surface area contributed by atoms with Gasteiger partial charge < -0.3 is 10.2 Å². The van der Waals surface area contributed by atoms with Gasteiger partial charge in [-0.1, -0.05) is 0 Å². The highest BCUT2D eigenvalue weighted by Crippen LogP contribution is 2.29. The molecule has 0 spiro atoms. The smallest absolute Gasteiger partial charge is 0.225 e. The molecular weight excluding hydrogens is 329 g/mol. The van der Waals surface area contributed by atoms with E-state index in [0.717, 1.165) is 57.5 Å². The lowest BCUT2D eigenvalue weighted by molar-refractivity contribution is -0.139. The molecule has 1 aromatic rings. The minimum atomic E-state index is -0.212. The largest absolute Gasteiger partial charge is 0.382 e. The standard InChI is InChI=1S/C21H32FN3O/c1-21(2,3)25-14-12-24(13-15-25)20(26)16-4-8-18(9-5-16)23-19-10-6-17(22)7-11-19/h6-7,10-11,16,18,23H,4-5,8-9,12-15H2,1-3H3. The van der Waals surface area contributed by atoms with Crippen molar-refractivity contribution < 1.29 is 9.18 Å². The second-order valence-electron chi connectivity index (χ2n) is 8.68. The van der Waals surface area contributed by atoms with Crippen LogP contribution in [0, 0.1) is 11.7 Å². The molecule has 1 N–H and O–H groups in total. The Bertz CT molecular complexity index is 595. The molecule has 1 saturated carbocycles. The molecule has 144 valence electrons. The number of anilines is 1. The van der Waals surface area contributed by atoms with Crippen LogP contribution in [0.5, 0.6) is 0 Å². The predicted octanol–water partition coefficient (Wildman–Crippen LogP) is 3.74. The van der Waals surface area contributed by atoms with Crippen LogP contribution in [-0.4, -0.2) is 53.5 Å². The van der Waals surface area contributed by atoms with Crippen LogP contribution in [-0.2, 0) is 4.79 Å². The van der Waals surface area contributed by atoms with E-state index < -0.39 is 0 Å². The summed E-state index contributed by atoms with van der Waals surface area (Å²) in [4.78, 5) is 17.4. The summed E-state index contributed by atoms with van der Waals surface area (Å²) in [6, 6.07) is 6.90. The summed E-state index contributed by atoms with van der Waals surface area (Å²) in [6.07, 6.45) is 3.87. The molecule has 1 aliphatic carbocycles. The van der Waals surface area contributed by atoms with Crippen LogP contribution in [0.4, 0.5) is 10.1 Å². The van der Waals surface area contributed by atoms with Gasteiger partial charge in [-0.05, 0) is 70.7 Å². The molecule has 1 saturated heterocycles. The molecule has 0 bridgehead atoms. The first kappa shape index (κ1) is 19.2. The Kier molecular flexibility index (Phi) is 5.86. The number of rotatable bonds is 3. The van der Waals surface area contributed by atoms with E-state index in [1.165, 1.54) is 12.1 Å². The van der Waals surface area contributed by atoms with E-state index in [1.807, 2.05) is 0 Å². The number of benzene rings is 1. The van der Waals surface area contributed by atoms with Gasteiger partial charge in [0, 0.05) is 49.4 Å². The number of piperazine rings is 1. The number of amides is 1. The van der Waals surface area contributed by atoms with Crippen molar-refractivity contribution in [2.24, 2.45) is 5.92 Å². The van der Waals surface area contributed by atoms with Crippen LogP contribution >= 0.6 is 0 Å². The number of hydrogen-bond acceptors (Lipinski definition) is 3. The van der Waals surface area contributed by atoms with Crippen molar-refractivity contribution in [1.82, 2.24) is 9.80 Å². The molecule has 26 heavy (non-hydrogen) atoms. The Hall–Kier alpha value is -1.62. The van der Waals surface area contributed by atoms with Gasteiger partial charge >= 0.3 is 0 Å². The van der Waals surface area contributed by atoms with E-state index in [0.29, 0.717) is 11.9 Å². The molecule has 1 heterocycles. The lowest BCUT2D eigenvalue weighted by atomic mass is 9.85. The number of carbonyl (C=O) groups excluding carboxylic acids is 1. The summed E-state index contributed by atoms with van der Waals surface area (Å²) in [5.41, 5.74) is 1.14. The zero-order valence-corrected chi connectivity index (χ0v) is 16.3. The molecule has 0 aromatic heterocycles. The van der Waals surface area contributed by atoms with Gasteiger partial charge in [0.15, 0.2) is 0 Å². The van der Waals surface area contributed by atoms with Crippen LogP contribution in [0.3, 0.4) is 0 Å². The van der Waals surface area contributed by atoms with Gasteiger partial charge in [-0.15, -0.1) is 0 Å². The summed E-state index contributed by atoms with van der Waals surface area (Å²) in [5.74, 6) is 0.303. The molecule has 1 aromatic carbocycles. The van der Waals surface area contributed by atoms with Crippen molar-refractivity contribution in [1.29, 1.82) is 0 Å². The van der Waals surface area contributed by atoms with E-state index in [1.54, 1.807) is 12.1 Å². The molecule has 5 heteroatoms. The average molecular weight is 362 g/mol. The number of hydrogen-bond donors (Lipinski definition) is 1. The van der Waals surface area contributed by atoms with Crippen molar-refractivity contribution >= 4 is 11.6 Å². The summed E-state index contributed by atoms with van der Waals surface area (Å²) >= 11 is 0. The van der Waals surface area contributed by atoms with E-state index in [2.05, 4.69) is 35.9 Å². The Morgan fingerprint density at radius 1 is 1.00 bits per heavy atom. The topological polar surface area (TPSA) is 35.6 Å². The molecule has 2 aliphatic rings. The molecule has 2 fully saturated rings. The van der Waals surface area contributed by atoms with E-state index >= 15 is 0 Å². The molecule has 3 rings (SSSR count). The fraction of sp³-hybridized carbons (Fsp3) is 0.667. The van der Waals surface area contributed by atoms with Crippen molar-refractivity contribution in [3.63, 3.8) is 0 Å². The molecule has 0 radical (unpaired) electrons. The van der Waals surface area contributed by atoms with Gasteiger partial charge in [-0.25, -0.2) is 4.39 Å². The van der Waals surface area contributed by atoms with Crippen LogP contribution in [0.1, 0.15) is 46.5 Å². The van der Waals surface area contributed by atoms with Gasteiger partial charge in [0.05, 0.1) is 0 Å². The van der Waals surface area contributed by atoms with Crippen molar-refractivity contribution in [2.75, 3.05) is 31.5 Å². The predicted molar refractivity (Wildman–Crippen MR) is 104 cm³/mol. The minimum Gasteiger partial charge on any atom is -0.382 e. The summed E-state index contributed by atoms with van der Waals surface area (Å²) < 4.78 is 13.0. The minimum absolute atomic E-state index is 0.169. The molecule has 0 unspecified atom stereocenters. The fourth-order valence-corrected chi connectivity index (χ4v) is 4.12. The average Bonchev–Trinajstić information content (AvgIpc) is 2.63. The van der Waals surface area contributed by atoms with Gasteiger partial charge in [0.1, 0.15) is 5.82 Å². The van der Waals surface area contributed by atoms with E-state index in [4.69, 9.17) is 0 Å². The van der Waals surface area contributed by atoms with E-state index in [9.17, 15) is 9.18 Å². The first-order valence-corrected chi connectivity index (χ1v) is 9.89. The third-order valence-electron chi connectivity index (χ3n) is 5.83. The zero-order valence-electron chi connectivity index (χ0n) is 16.3. The molecule has 1 aliphatic heterocycles. The lowest BCUT2D eigenvalue weighted by Crippen LogP contribution is -2.55. The highest BCUT2D eigenvalue weighted by Gasteiger charge is 2.33. The number of nitrogens with one attached hydrogen (secondary N) is 1. The second-order valence-corrected chi connectivity index (χ2v) is 8.68. The summed E-state index contributed by atoms with van der Waals surface area (Å²) in [6.45, 7) is 10.3.